The molecule has 60 valence electrons. The van der Waals surface area contributed by atoms with Gasteiger partial charge in [0.05, 0.1) is 12.4 Å². The van der Waals surface area contributed by atoms with Gasteiger partial charge in [-0.3, -0.25) is 0 Å². The minimum atomic E-state index is 0.487. The van der Waals surface area contributed by atoms with E-state index in [1.165, 1.54) is 0 Å². The van der Waals surface area contributed by atoms with Crippen LogP contribution in [0.5, 0.6) is 0 Å². The first-order chi connectivity index (χ1) is 5.43. The van der Waals surface area contributed by atoms with E-state index in [-0.39, 0.29) is 0 Å². The molecule has 0 spiro atoms. The molecule has 0 aromatic heterocycles. The van der Waals surface area contributed by atoms with Gasteiger partial charge in [-0.1, -0.05) is 12.2 Å². The zero-order chi connectivity index (χ0) is 7.94. The molecular weight excluding hydrogens is 140 g/mol. The van der Waals surface area contributed by atoms with Gasteiger partial charge in [0.15, 0.2) is 0 Å². The van der Waals surface area contributed by atoms with Crippen LogP contribution in [0.4, 0.5) is 0 Å². The van der Waals surface area contributed by atoms with Gasteiger partial charge in [-0.15, -0.1) is 0 Å². The molecule has 2 nitrogen and oxygen atoms in total. The van der Waals surface area contributed by atoms with Gasteiger partial charge in [-0.25, -0.2) is 0 Å². The van der Waals surface area contributed by atoms with Crippen molar-refractivity contribution in [1.82, 2.24) is 0 Å². The first-order valence-electron chi connectivity index (χ1n) is 3.85. The van der Waals surface area contributed by atoms with E-state index < -0.39 is 0 Å². The molecule has 0 aromatic carbocycles. The van der Waals surface area contributed by atoms with E-state index in [0.29, 0.717) is 13.0 Å². The van der Waals surface area contributed by atoms with Crippen LogP contribution in [0, 0.1) is 0 Å². The van der Waals surface area contributed by atoms with Gasteiger partial charge in [-0.05, 0) is 12.5 Å². The first-order valence-corrected chi connectivity index (χ1v) is 3.85. The molecule has 0 atom stereocenters. The molecule has 1 rings (SSSR count). The zero-order valence-corrected chi connectivity index (χ0v) is 6.45. The van der Waals surface area contributed by atoms with Gasteiger partial charge in [0.25, 0.3) is 0 Å². The Bertz CT molecular complexity index is 180. The summed E-state index contributed by atoms with van der Waals surface area (Å²) in [6.45, 7) is 0.517. The molecule has 0 unspecified atom stereocenters. The van der Waals surface area contributed by atoms with Crippen LogP contribution in [-0.2, 0) is 9.53 Å². The SMILES string of the molecule is O=CCCOC1=CC=CCC1. The van der Waals surface area contributed by atoms with Crippen LogP contribution in [0.15, 0.2) is 24.0 Å². The fourth-order valence-corrected chi connectivity index (χ4v) is 0.939. The van der Waals surface area contributed by atoms with Gasteiger partial charge in [0, 0.05) is 12.8 Å². The minimum Gasteiger partial charge on any atom is -0.497 e. The largest absolute Gasteiger partial charge is 0.497 e. The lowest BCUT2D eigenvalue weighted by Crippen LogP contribution is -1.97. The van der Waals surface area contributed by atoms with Crippen molar-refractivity contribution in [1.29, 1.82) is 0 Å². The molecular formula is C9H12O2. The normalized spacial score (nSPS) is 15.8. The number of carbonyl (C=O) groups excluding carboxylic acids is 1. The van der Waals surface area contributed by atoms with E-state index >= 15 is 0 Å². The van der Waals surface area contributed by atoms with E-state index in [1.54, 1.807) is 0 Å². The highest BCUT2D eigenvalue weighted by molar-refractivity contribution is 5.49. The Morgan fingerprint density at radius 2 is 2.55 bits per heavy atom. The summed E-state index contributed by atoms with van der Waals surface area (Å²) in [6.07, 6.45) is 9.42. The summed E-state index contributed by atoms with van der Waals surface area (Å²) < 4.78 is 5.30. The van der Waals surface area contributed by atoms with Gasteiger partial charge in [-0.2, -0.15) is 0 Å². The predicted octanol–water partition coefficient (Wildman–Crippen LogP) is 1.83. The molecule has 0 amide bonds. The molecule has 0 N–H and O–H groups in total. The number of aldehydes is 1. The highest BCUT2D eigenvalue weighted by Gasteiger charge is 1.98. The van der Waals surface area contributed by atoms with E-state index in [4.69, 9.17) is 4.74 Å². The predicted molar refractivity (Wildman–Crippen MR) is 43.1 cm³/mol. The monoisotopic (exact) mass is 152 g/mol. The van der Waals surface area contributed by atoms with Crippen molar-refractivity contribution in [2.75, 3.05) is 6.61 Å². The number of hydrogen-bond acceptors (Lipinski definition) is 2. The number of hydrogen-bond donors (Lipinski definition) is 0. The molecule has 11 heavy (non-hydrogen) atoms. The molecule has 1 aliphatic rings. The maximum Gasteiger partial charge on any atom is 0.123 e. The summed E-state index contributed by atoms with van der Waals surface area (Å²) in [4.78, 5) is 9.93. The van der Waals surface area contributed by atoms with E-state index in [0.717, 1.165) is 24.9 Å². The molecule has 1 aliphatic carbocycles. The lowest BCUT2D eigenvalue weighted by Gasteiger charge is -2.09. The number of ether oxygens (including phenoxy) is 1. The van der Waals surface area contributed by atoms with E-state index in [9.17, 15) is 4.79 Å². The van der Waals surface area contributed by atoms with Crippen molar-refractivity contribution in [3.8, 4) is 0 Å². The van der Waals surface area contributed by atoms with E-state index in [1.807, 2.05) is 12.2 Å². The van der Waals surface area contributed by atoms with Gasteiger partial charge in [0.1, 0.15) is 6.29 Å². The molecule has 0 bridgehead atoms. The number of rotatable bonds is 4. The van der Waals surface area contributed by atoms with Crippen LogP contribution in [0.25, 0.3) is 0 Å². The average Bonchev–Trinajstić information content (AvgIpc) is 2.07. The van der Waals surface area contributed by atoms with Crippen LogP contribution in [0.3, 0.4) is 0 Å². The smallest absolute Gasteiger partial charge is 0.123 e. The van der Waals surface area contributed by atoms with Crippen molar-refractivity contribution < 1.29 is 9.53 Å². The second-order valence-electron chi connectivity index (χ2n) is 2.40. The number of carbonyl (C=O) groups is 1. The highest BCUT2D eigenvalue weighted by atomic mass is 16.5. The Labute approximate surface area is 66.5 Å². The van der Waals surface area contributed by atoms with Crippen LogP contribution in [0.2, 0.25) is 0 Å². The molecule has 0 aliphatic heterocycles. The summed E-state index contributed by atoms with van der Waals surface area (Å²) >= 11 is 0. The fourth-order valence-electron chi connectivity index (χ4n) is 0.939. The Balaban J connectivity index is 2.19. The molecule has 0 aromatic rings. The third kappa shape index (κ3) is 3.03. The highest BCUT2D eigenvalue weighted by Crippen LogP contribution is 2.12. The second-order valence-corrected chi connectivity index (χ2v) is 2.40. The third-order valence-corrected chi connectivity index (χ3v) is 1.50. The second kappa shape index (κ2) is 4.72. The van der Waals surface area contributed by atoms with Crippen molar-refractivity contribution in [2.24, 2.45) is 0 Å². The van der Waals surface area contributed by atoms with Gasteiger partial charge >= 0.3 is 0 Å². The zero-order valence-electron chi connectivity index (χ0n) is 6.45. The van der Waals surface area contributed by atoms with Gasteiger partial charge < -0.3 is 9.53 Å². The van der Waals surface area contributed by atoms with Crippen LogP contribution >= 0.6 is 0 Å². The quantitative estimate of drug-likeness (QED) is 0.453. The molecule has 0 saturated carbocycles. The summed E-state index contributed by atoms with van der Waals surface area (Å²) in [5.41, 5.74) is 0. The third-order valence-electron chi connectivity index (χ3n) is 1.50. The van der Waals surface area contributed by atoms with Crippen LogP contribution in [0.1, 0.15) is 19.3 Å². The van der Waals surface area contributed by atoms with Crippen LogP contribution in [-0.4, -0.2) is 12.9 Å². The Morgan fingerprint density at radius 1 is 1.64 bits per heavy atom. The molecule has 0 saturated heterocycles. The standard InChI is InChI=1S/C9H12O2/c10-7-4-8-11-9-5-2-1-3-6-9/h1-2,5,7H,3-4,6,8H2. The summed E-state index contributed by atoms with van der Waals surface area (Å²) in [7, 11) is 0. The Kier molecular flexibility index (Phi) is 3.45. The number of allylic oxidation sites excluding steroid dienone is 4. The first kappa shape index (κ1) is 8.05. The Morgan fingerprint density at radius 3 is 3.18 bits per heavy atom. The van der Waals surface area contributed by atoms with Crippen molar-refractivity contribution in [3.05, 3.63) is 24.0 Å². The van der Waals surface area contributed by atoms with Gasteiger partial charge in [0.2, 0.25) is 0 Å². The summed E-state index contributed by atoms with van der Waals surface area (Å²) in [5, 5.41) is 0. The van der Waals surface area contributed by atoms with Crippen molar-refractivity contribution in [2.45, 2.75) is 19.3 Å². The maximum absolute atomic E-state index is 9.93. The minimum absolute atomic E-state index is 0.487. The topological polar surface area (TPSA) is 26.3 Å². The summed E-state index contributed by atoms with van der Waals surface area (Å²) in [5.74, 6) is 0.995. The van der Waals surface area contributed by atoms with Crippen LogP contribution < -0.4 is 0 Å². The average molecular weight is 152 g/mol. The van der Waals surface area contributed by atoms with Crippen molar-refractivity contribution >= 4 is 6.29 Å². The maximum atomic E-state index is 9.93. The van der Waals surface area contributed by atoms with Crippen molar-refractivity contribution in [3.63, 3.8) is 0 Å². The molecule has 0 radical (unpaired) electrons. The lowest BCUT2D eigenvalue weighted by atomic mass is 10.2. The van der Waals surface area contributed by atoms with E-state index in [2.05, 4.69) is 6.08 Å². The lowest BCUT2D eigenvalue weighted by molar-refractivity contribution is -0.108. The fraction of sp³-hybridized carbons (Fsp3) is 0.444. The summed E-state index contributed by atoms with van der Waals surface area (Å²) in [6, 6.07) is 0. The Hall–Kier alpha value is -1.05. The molecule has 2 heteroatoms. The molecule has 0 fully saturated rings. The molecule has 0 heterocycles.